The minimum atomic E-state index is -0.628. The van der Waals surface area contributed by atoms with Crippen molar-refractivity contribution in [1.29, 1.82) is 0 Å². The lowest BCUT2D eigenvalue weighted by atomic mass is 9.79. The highest BCUT2D eigenvalue weighted by molar-refractivity contribution is 5.94. The Morgan fingerprint density at radius 3 is 2.91 bits per heavy atom. The van der Waals surface area contributed by atoms with Crippen LogP contribution in [-0.2, 0) is 13.7 Å². The zero-order valence-corrected chi connectivity index (χ0v) is 12.0. The minimum absolute atomic E-state index is 0.000301. The van der Waals surface area contributed by atoms with Crippen LogP contribution in [0.25, 0.3) is 0 Å². The van der Waals surface area contributed by atoms with Crippen LogP contribution in [0.2, 0.25) is 0 Å². The second-order valence-corrected chi connectivity index (χ2v) is 5.39. The molecule has 2 aromatic heterocycles. The van der Waals surface area contributed by atoms with E-state index in [0.29, 0.717) is 5.82 Å². The Bertz CT molecular complexity index is 696. The van der Waals surface area contributed by atoms with Gasteiger partial charge >= 0.3 is 0 Å². The van der Waals surface area contributed by atoms with Crippen LogP contribution < -0.4 is 5.32 Å². The molecular weight excluding hydrogens is 289 g/mol. The second kappa shape index (κ2) is 5.80. The first-order chi connectivity index (χ1) is 10.6. The Hall–Kier alpha value is -2.35. The lowest BCUT2D eigenvalue weighted by Crippen LogP contribution is -2.44. The molecule has 1 amide bonds. The van der Waals surface area contributed by atoms with Gasteiger partial charge in [0.05, 0.1) is 11.8 Å². The molecule has 2 N–H and O–H groups in total. The summed E-state index contributed by atoms with van der Waals surface area (Å²) in [6.45, 7) is -0.155. The van der Waals surface area contributed by atoms with Gasteiger partial charge in [-0.2, -0.15) is 0 Å². The maximum absolute atomic E-state index is 13.5. The number of hydrogen-bond acceptors (Lipinski definition) is 5. The molecule has 8 heteroatoms. The zero-order chi connectivity index (χ0) is 15.7. The van der Waals surface area contributed by atoms with E-state index in [0.717, 1.165) is 24.9 Å². The molecule has 0 aromatic carbocycles. The summed E-state index contributed by atoms with van der Waals surface area (Å²) in [5.74, 6) is 0.436. The smallest absolute Gasteiger partial charge is 0.254 e. The van der Waals surface area contributed by atoms with Gasteiger partial charge in [-0.15, -0.1) is 10.2 Å². The molecule has 1 aliphatic rings. The summed E-state index contributed by atoms with van der Waals surface area (Å²) in [6, 6.07) is 1.34. The van der Waals surface area contributed by atoms with E-state index < -0.39 is 11.7 Å². The highest BCUT2D eigenvalue weighted by atomic mass is 19.1. The number of aliphatic hydroxyl groups is 1. The predicted molar refractivity (Wildman–Crippen MR) is 74.4 cm³/mol. The third kappa shape index (κ3) is 2.57. The Kier molecular flexibility index (Phi) is 3.84. The molecule has 7 nitrogen and oxygen atoms in total. The van der Waals surface area contributed by atoms with E-state index in [1.54, 1.807) is 11.6 Å². The molecular formula is C14H16FN5O2. The molecule has 1 aliphatic carbocycles. The molecule has 22 heavy (non-hydrogen) atoms. The van der Waals surface area contributed by atoms with E-state index >= 15 is 0 Å². The van der Waals surface area contributed by atoms with Crippen LogP contribution in [0, 0.1) is 5.82 Å². The Balaban J connectivity index is 1.59. The Labute approximate surface area is 126 Å². The summed E-state index contributed by atoms with van der Waals surface area (Å²) in [5.41, 5.74) is -0.000301. The molecule has 0 bridgehead atoms. The first-order valence-electron chi connectivity index (χ1n) is 6.99. The number of aliphatic hydroxyl groups excluding tert-OH is 1. The van der Waals surface area contributed by atoms with E-state index in [-0.39, 0.29) is 24.1 Å². The van der Waals surface area contributed by atoms with Crippen molar-refractivity contribution < 1.29 is 14.3 Å². The van der Waals surface area contributed by atoms with Gasteiger partial charge in [0.25, 0.3) is 5.91 Å². The lowest BCUT2D eigenvalue weighted by molar-refractivity contribution is 0.0902. The van der Waals surface area contributed by atoms with Gasteiger partial charge in [-0.05, 0) is 18.9 Å². The van der Waals surface area contributed by atoms with Crippen LogP contribution >= 0.6 is 0 Å². The fraction of sp³-hybridized carbons (Fsp3) is 0.429. The van der Waals surface area contributed by atoms with Gasteiger partial charge in [0.15, 0.2) is 11.6 Å². The van der Waals surface area contributed by atoms with Crippen LogP contribution in [0.1, 0.15) is 40.8 Å². The number of nitrogens with one attached hydrogen (secondary N) is 1. The van der Waals surface area contributed by atoms with Crippen molar-refractivity contribution in [2.75, 3.05) is 0 Å². The molecule has 0 atom stereocenters. The molecule has 0 radical (unpaired) electrons. The molecule has 0 aliphatic heterocycles. The molecule has 1 saturated carbocycles. The van der Waals surface area contributed by atoms with E-state index in [9.17, 15) is 9.18 Å². The molecule has 0 unspecified atom stereocenters. The number of halogens is 1. The van der Waals surface area contributed by atoms with E-state index in [4.69, 9.17) is 5.11 Å². The van der Waals surface area contributed by atoms with Gasteiger partial charge in [-0.25, -0.2) is 4.39 Å². The van der Waals surface area contributed by atoms with E-state index in [1.165, 1.54) is 12.3 Å². The predicted octanol–water partition coefficient (Wildman–Crippen LogP) is 0.517. The highest BCUT2D eigenvalue weighted by Crippen LogP contribution is 2.36. The SMILES string of the molecule is Cn1c(CO)nnc1C1CC(NC(=O)c2ccncc2F)C1. The number of nitrogens with zero attached hydrogens (tertiary/aromatic N) is 4. The Morgan fingerprint density at radius 2 is 2.27 bits per heavy atom. The van der Waals surface area contributed by atoms with Crippen molar-refractivity contribution >= 4 is 5.91 Å². The van der Waals surface area contributed by atoms with Crippen LogP contribution in [0.3, 0.4) is 0 Å². The van der Waals surface area contributed by atoms with Crippen molar-refractivity contribution in [2.45, 2.75) is 31.4 Å². The minimum Gasteiger partial charge on any atom is -0.388 e. The van der Waals surface area contributed by atoms with E-state index in [2.05, 4.69) is 20.5 Å². The van der Waals surface area contributed by atoms with Crippen molar-refractivity contribution in [3.05, 3.63) is 41.5 Å². The quantitative estimate of drug-likeness (QED) is 0.859. The monoisotopic (exact) mass is 305 g/mol. The fourth-order valence-corrected chi connectivity index (χ4v) is 2.64. The summed E-state index contributed by atoms with van der Waals surface area (Å²) >= 11 is 0. The third-order valence-corrected chi connectivity index (χ3v) is 4.00. The summed E-state index contributed by atoms with van der Waals surface area (Å²) in [6.07, 6.45) is 3.84. The number of carbonyl (C=O) groups excluding carboxylic acids is 1. The summed E-state index contributed by atoms with van der Waals surface area (Å²) in [5, 5.41) is 19.9. The van der Waals surface area contributed by atoms with Gasteiger partial charge in [0.2, 0.25) is 0 Å². The average molecular weight is 305 g/mol. The van der Waals surface area contributed by atoms with Crippen molar-refractivity contribution in [1.82, 2.24) is 25.1 Å². The topological polar surface area (TPSA) is 92.9 Å². The third-order valence-electron chi connectivity index (χ3n) is 4.00. The first-order valence-corrected chi connectivity index (χ1v) is 6.99. The summed E-state index contributed by atoms with van der Waals surface area (Å²) in [7, 11) is 1.80. The molecule has 1 fully saturated rings. The van der Waals surface area contributed by atoms with Crippen LogP contribution in [0.4, 0.5) is 4.39 Å². The normalized spacial score (nSPS) is 20.5. The largest absolute Gasteiger partial charge is 0.388 e. The molecule has 116 valence electrons. The molecule has 2 aromatic rings. The second-order valence-electron chi connectivity index (χ2n) is 5.39. The molecule has 0 saturated heterocycles. The lowest BCUT2D eigenvalue weighted by Gasteiger charge is -2.35. The van der Waals surface area contributed by atoms with Gasteiger partial charge in [-0.3, -0.25) is 9.78 Å². The maximum Gasteiger partial charge on any atom is 0.254 e. The van der Waals surface area contributed by atoms with Crippen molar-refractivity contribution in [3.63, 3.8) is 0 Å². The van der Waals surface area contributed by atoms with Gasteiger partial charge in [0.1, 0.15) is 12.4 Å². The molecule has 3 rings (SSSR count). The summed E-state index contributed by atoms with van der Waals surface area (Å²) in [4.78, 5) is 15.6. The number of aromatic nitrogens is 4. The van der Waals surface area contributed by atoms with Crippen molar-refractivity contribution in [2.24, 2.45) is 7.05 Å². The van der Waals surface area contributed by atoms with Crippen LogP contribution in [0.15, 0.2) is 18.5 Å². The fourth-order valence-electron chi connectivity index (χ4n) is 2.64. The first kappa shape index (κ1) is 14.6. The van der Waals surface area contributed by atoms with Gasteiger partial charge < -0.3 is 15.0 Å². The van der Waals surface area contributed by atoms with Gasteiger partial charge in [-0.1, -0.05) is 0 Å². The van der Waals surface area contributed by atoms with Gasteiger partial charge in [0, 0.05) is 25.2 Å². The molecule has 0 spiro atoms. The highest BCUT2D eigenvalue weighted by Gasteiger charge is 2.35. The van der Waals surface area contributed by atoms with Crippen LogP contribution in [0.5, 0.6) is 0 Å². The number of rotatable bonds is 4. The van der Waals surface area contributed by atoms with Crippen LogP contribution in [-0.4, -0.2) is 36.8 Å². The van der Waals surface area contributed by atoms with Crippen molar-refractivity contribution in [3.8, 4) is 0 Å². The maximum atomic E-state index is 13.5. The average Bonchev–Trinajstić information content (AvgIpc) is 2.83. The number of pyridine rings is 1. The standard InChI is InChI=1S/C14H16FN5O2/c1-20-12(7-21)18-19-13(20)8-4-9(5-8)17-14(22)10-2-3-16-6-11(10)15/h2-3,6,8-9,21H,4-5,7H2,1H3,(H,17,22). The molecule has 2 heterocycles. The summed E-state index contributed by atoms with van der Waals surface area (Å²) < 4.78 is 15.2. The number of hydrogen-bond donors (Lipinski definition) is 2. The number of carbonyl (C=O) groups is 1. The van der Waals surface area contributed by atoms with E-state index in [1.807, 2.05) is 0 Å². The zero-order valence-electron chi connectivity index (χ0n) is 12.0. The Morgan fingerprint density at radius 1 is 1.50 bits per heavy atom. The number of amides is 1.